The first-order valence-corrected chi connectivity index (χ1v) is 11.1. The minimum absolute atomic E-state index is 0.177. The summed E-state index contributed by atoms with van der Waals surface area (Å²) < 4.78 is 30.2. The standard InChI is InChI=1S/C17H31N5O3S/c1-18-17(19-9-7-10-21-26(2,23)24)20-14-15(16-8-6-13-25-16)22-11-4-3-5-12-22/h6,8,13,15,21H,3-5,7,9-12,14H2,1-2H3,(H2,18,19,20). The quantitative estimate of drug-likeness (QED) is 0.332. The number of likely N-dealkylation sites (tertiary alicyclic amines) is 1. The van der Waals surface area contributed by atoms with Crippen molar-refractivity contribution in [1.29, 1.82) is 0 Å². The molecule has 1 atom stereocenters. The molecule has 2 heterocycles. The number of piperidine rings is 1. The van der Waals surface area contributed by atoms with E-state index in [1.807, 2.05) is 12.1 Å². The Hall–Kier alpha value is -1.58. The van der Waals surface area contributed by atoms with E-state index in [0.717, 1.165) is 25.1 Å². The van der Waals surface area contributed by atoms with Crippen molar-refractivity contribution in [2.24, 2.45) is 4.99 Å². The monoisotopic (exact) mass is 385 g/mol. The molecule has 0 amide bonds. The lowest BCUT2D eigenvalue weighted by Gasteiger charge is -2.33. The van der Waals surface area contributed by atoms with Crippen LogP contribution in [0.15, 0.2) is 27.8 Å². The molecule has 1 fully saturated rings. The molecule has 1 saturated heterocycles. The Kier molecular flexibility index (Phi) is 8.40. The first kappa shape index (κ1) is 20.7. The van der Waals surface area contributed by atoms with Crippen LogP contribution >= 0.6 is 0 Å². The summed E-state index contributed by atoms with van der Waals surface area (Å²) in [6.07, 6.45) is 7.29. The highest BCUT2D eigenvalue weighted by Crippen LogP contribution is 2.24. The number of sulfonamides is 1. The second-order valence-electron chi connectivity index (χ2n) is 6.53. The minimum atomic E-state index is -3.13. The lowest BCUT2D eigenvalue weighted by atomic mass is 10.1. The Morgan fingerprint density at radius 1 is 1.27 bits per heavy atom. The van der Waals surface area contributed by atoms with Gasteiger partial charge in [-0.15, -0.1) is 0 Å². The molecule has 1 aliphatic heterocycles. The van der Waals surface area contributed by atoms with Gasteiger partial charge in [-0.1, -0.05) is 6.42 Å². The molecule has 1 aliphatic rings. The molecule has 26 heavy (non-hydrogen) atoms. The van der Waals surface area contributed by atoms with E-state index in [2.05, 4.69) is 25.2 Å². The first-order valence-electron chi connectivity index (χ1n) is 9.16. The summed E-state index contributed by atoms with van der Waals surface area (Å²) in [6.45, 7) is 3.91. The van der Waals surface area contributed by atoms with Gasteiger partial charge in [0.1, 0.15) is 5.76 Å². The Morgan fingerprint density at radius 3 is 2.65 bits per heavy atom. The second kappa shape index (κ2) is 10.5. The molecule has 1 aromatic rings. The van der Waals surface area contributed by atoms with E-state index in [9.17, 15) is 8.42 Å². The molecule has 0 bridgehead atoms. The molecule has 1 aromatic heterocycles. The van der Waals surface area contributed by atoms with Gasteiger partial charge in [-0.3, -0.25) is 9.89 Å². The third-order valence-electron chi connectivity index (χ3n) is 4.40. The van der Waals surface area contributed by atoms with Gasteiger partial charge >= 0.3 is 0 Å². The lowest BCUT2D eigenvalue weighted by Crippen LogP contribution is -2.44. The zero-order chi connectivity index (χ0) is 18.8. The van der Waals surface area contributed by atoms with Crippen molar-refractivity contribution >= 4 is 16.0 Å². The SMILES string of the molecule is CN=C(NCCCNS(C)(=O)=O)NCC(c1ccco1)N1CCCCC1. The number of nitrogens with one attached hydrogen (secondary N) is 3. The summed E-state index contributed by atoms with van der Waals surface area (Å²) in [5.41, 5.74) is 0. The molecule has 1 unspecified atom stereocenters. The molecule has 0 radical (unpaired) electrons. The summed E-state index contributed by atoms with van der Waals surface area (Å²) in [5.74, 6) is 1.67. The maximum Gasteiger partial charge on any atom is 0.208 e. The molecule has 0 saturated carbocycles. The van der Waals surface area contributed by atoms with E-state index in [1.165, 1.54) is 19.3 Å². The van der Waals surface area contributed by atoms with Crippen LogP contribution in [0.5, 0.6) is 0 Å². The van der Waals surface area contributed by atoms with Gasteiger partial charge in [0, 0.05) is 26.7 Å². The fourth-order valence-electron chi connectivity index (χ4n) is 3.09. The van der Waals surface area contributed by atoms with Crippen LogP contribution in [-0.4, -0.2) is 65.3 Å². The topological polar surface area (TPSA) is 99.0 Å². The fourth-order valence-corrected chi connectivity index (χ4v) is 3.60. The molecule has 3 N–H and O–H groups in total. The van der Waals surface area contributed by atoms with Gasteiger partial charge in [0.2, 0.25) is 10.0 Å². The fraction of sp³-hybridized carbons (Fsp3) is 0.706. The Morgan fingerprint density at radius 2 is 2.04 bits per heavy atom. The molecule has 0 aromatic carbocycles. The minimum Gasteiger partial charge on any atom is -0.468 e. The second-order valence-corrected chi connectivity index (χ2v) is 8.36. The first-order chi connectivity index (χ1) is 12.5. The van der Waals surface area contributed by atoms with Gasteiger partial charge in [0.15, 0.2) is 5.96 Å². The van der Waals surface area contributed by atoms with Crippen LogP contribution < -0.4 is 15.4 Å². The number of rotatable bonds is 9. The number of nitrogens with zero attached hydrogens (tertiary/aromatic N) is 2. The average Bonchev–Trinajstić information content (AvgIpc) is 3.14. The number of guanidine groups is 1. The van der Waals surface area contributed by atoms with E-state index in [4.69, 9.17) is 4.42 Å². The summed E-state index contributed by atoms with van der Waals surface area (Å²) in [7, 11) is -1.40. The zero-order valence-corrected chi connectivity index (χ0v) is 16.5. The largest absolute Gasteiger partial charge is 0.468 e. The normalized spacial score (nSPS) is 17.8. The maximum atomic E-state index is 11.0. The van der Waals surface area contributed by atoms with E-state index in [1.54, 1.807) is 13.3 Å². The van der Waals surface area contributed by atoms with Crippen molar-refractivity contribution in [2.75, 3.05) is 46.0 Å². The van der Waals surface area contributed by atoms with Gasteiger partial charge in [0.25, 0.3) is 0 Å². The highest BCUT2D eigenvalue weighted by Gasteiger charge is 2.24. The van der Waals surface area contributed by atoms with Crippen LogP contribution in [-0.2, 0) is 10.0 Å². The van der Waals surface area contributed by atoms with Gasteiger partial charge < -0.3 is 15.1 Å². The Balaban J connectivity index is 1.80. The predicted molar refractivity (Wildman–Crippen MR) is 104 cm³/mol. The van der Waals surface area contributed by atoms with Crippen molar-refractivity contribution in [3.63, 3.8) is 0 Å². The van der Waals surface area contributed by atoms with Crippen LogP contribution in [0.3, 0.4) is 0 Å². The molecular weight excluding hydrogens is 354 g/mol. The molecule has 2 rings (SSSR count). The average molecular weight is 386 g/mol. The van der Waals surface area contributed by atoms with Crippen LogP contribution in [0.4, 0.5) is 0 Å². The summed E-state index contributed by atoms with van der Waals surface area (Å²) in [5, 5.41) is 6.57. The molecule has 8 nitrogen and oxygen atoms in total. The van der Waals surface area contributed by atoms with Crippen molar-refractivity contribution in [2.45, 2.75) is 31.7 Å². The Bertz CT molecular complexity index is 639. The molecule has 0 aliphatic carbocycles. The molecular formula is C17H31N5O3S. The predicted octanol–water partition coefficient (Wildman–Crippen LogP) is 0.911. The van der Waals surface area contributed by atoms with E-state index >= 15 is 0 Å². The van der Waals surface area contributed by atoms with Crippen molar-refractivity contribution in [1.82, 2.24) is 20.3 Å². The zero-order valence-electron chi connectivity index (χ0n) is 15.7. The van der Waals surface area contributed by atoms with Crippen LogP contribution in [0.1, 0.15) is 37.5 Å². The van der Waals surface area contributed by atoms with E-state index < -0.39 is 10.0 Å². The van der Waals surface area contributed by atoms with Gasteiger partial charge in [-0.05, 0) is 44.5 Å². The number of furan rings is 1. The lowest BCUT2D eigenvalue weighted by molar-refractivity contribution is 0.146. The third kappa shape index (κ3) is 7.35. The van der Waals surface area contributed by atoms with Gasteiger partial charge in [0.05, 0.1) is 18.6 Å². The summed E-state index contributed by atoms with van der Waals surface area (Å²) in [6, 6.07) is 4.12. The number of hydrogen-bond donors (Lipinski definition) is 3. The van der Waals surface area contributed by atoms with Gasteiger partial charge in [-0.25, -0.2) is 13.1 Å². The highest BCUT2D eigenvalue weighted by atomic mass is 32.2. The highest BCUT2D eigenvalue weighted by molar-refractivity contribution is 7.88. The van der Waals surface area contributed by atoms with Crippen molar-refractivity contribution in [3.05, 3.63) is 24.2 Å². The van der Waals surface area contributed by atoms with Gasteiger partial charge in [-0.2, -0.15) is 0 Å². The van der Waals surface area contributed by atoms with Crippen molar-refractivity contribution in [3.8, 4) is 0 Å². The maximum absolute atomic E-state index is 11.0. The van der Waals surface area contributed by atoms with E-state index in [0.29, 0.717) is 32.0 Å². The number of aliphatic imine (C=N–C) groups is 1. The summed E-state index contributed by atoms with van der Waals surface area (Å²) in [4.78, 5) is 6.70. The molecule has 148 valence electrons. The van der Waals surface area contributed by atoms with Crippen LogP contribution in [0.25, 0.3) is 0 Å². The third-order valence-corrected chi connectivity index (χ3v) is 5.13. The van der Waals surface area contributed by atoms with Crippen LogP contribution in [0, 0.1) is 0 Å². The molecule has 9 heteroatoms. The Labute approximate surface area is 156 Å². The van der Waals surface area contributed by atoms with Crippen molar-refractivity contribution < 1.29 is 12.8 Å². The van der Waals surface area contributed by atoms with E-state index in [-0.39, 0.29) is 6.04 Å². The number of hydrogen-bond acceptors (Lipinski definition) is 5. The van der Waals surface area contributed by atoms with Crippen LogP contribution in [0.2, 0.25) is 0 Å². The molecule has 0 spiro atoms. The summed E-state index contributed by atoms with van der Waals surface area (Å²) >= 11 is 0. The smallest absolute Gasteiger partial charge is 0.208 e.